The fourth-order valence-corrected chi connectivity index (χ4v) is 2.60. The number of halogens is 1. The van der Waals surface area contributed by atoms with Crippen LogP contribution in [0.2, 0.25) is 0 Å². The SMILES string of the molecule is CCC(C)NC(=O)C(C)Oc1ccc2ccccc2c1Br. The highest BCUT2D eigenvalue weighted by Crippen LogP contribution is 2.33. The Morgan fingerprint density at radius 2 is 1.95 bits per heavy atom. The van der Waals surface area contributed by atoms with E-state index in [1.807, 2.05) is 50.2 Å². The summed E-state index contributed by atoms with van der Waals surface area (Å²) in [5.41, 5.74) is 0. The highest BCUT2D eigenvalue weighted by molar-refractivity contribution is 9.10. The molecule has 0 saturated heterocycles. The topological polar surface area (TPSA) is 38.3 Å². The van der Waals surface area contributed by atoms with E-state index in [0.29, 0.717) is 5.75 Å². The molecule has 0 heterocycles. The lowest BCUT2D eigenvalue weighted by atomic mass is 10.1. The van der Waals surface area contributed by atoms with Crippen molar-refractivity contribution in [1.29, 1.82) is 0 Å². The molecule has 21 heavy (non-hydrogen) atoms. The maximum atomic E-state index is 12.0. The van der Waals surface area contributed by atoms with Crippen LogP contribution in [0.25, 0.3) is 10.8 Å². The second-order valence-electron chi connectivity index (χ2n) is 5.18. The Morgan fingerprint density at radius 1 is 1.24 bits per heavy atom. The third-order valence-electron chi connectivity index (χ3n) is 3.50. The third-order valence-corrected chi connectivity index (χ3v) is 4.32. The van der Waals surface area contributed by atoms with Crippen LogP contribution in [-0.4, -0.2) is 18.1 Å². The predicted molar refractivity (Wildman–Crippen MR) is 89.6 cm³/mol. The van der Waals surface area contributed by atoms with Crippen molar-refractivity contribution in [2.75, 3.05) is 0 Å². The third kappa shape index (κ3) is 3.76. The molecule has 0 aromatic heterocycles. The van der Waals surface area contributed by atoms with E-state index in [4.69, 9.17) is 4.74 Å². The van der Waals surface area contributed by atoms with Crippen molar-refractivity contribution < 1.29 is 9.53 Å². The summed E-state index contributed by atoms with van der Waals surface area (Å²) < 4.78 is 6.68. The summed E-state index contributed by atoms with van der Waals surface area (Å²) >= 11 is 3.57. The minimum Gasteiger partial charge on any atom is -0.480 e. The second-order valence-corrected chi connectivity index (χ2v) is 5.97. The second kappa shape index (κ2) is 6.94. The smallest absolute Gasteiger partial charge is 0.260 e. The van der Waals surface area contributed by atoms with Crippen LogP contribution in [0.3, 0.4) is 0 Å². The first-order chi connectivity index (χ1) is 10.0. The zero-order valence-electron chi connectivity index (χ0n) is 12.5. The van der Waals surface area contributed by atoms with Crippen molar-refractivity contribution in [2.24, 2.45) is 0 Å². The Hall–Kier alpha value is -1.55. The molecule has 2 aromatic carbocycles. The lowest BCUT2D eigenvalue weighted by molar-refractivity contribution is -0.127. The minimum atomic E-state index is -0.531. The quantitative estimate of drug-likeness (QED) is 0.874. The number of amides is 1. The van der Waals surface area contributed by atoms with Gasteiger partial charge in [0.1, 0.15) is 5.75 Å². The normalized spacial score (nSPS) is 13.7. The Morgan fingerprint density at radius 3 is 2.67 bits per heavy atom. The van der Waals surface area contributed by atoms with Crippen LogP contribution in [0.15, 0.2) is 40.9 Å². The van der Waals surface area contributed by atoms with E-state index in [1.165, 1.54) is 0 Å². The largest absolute Gasteiger partial charge is 0.480 e. The lowest BCUT2D eigenvalue weighted by Crippen LogP contribution is -2.41. The first kappa shape index (κ1) is 15.8. The van der Waals surface area contributed by atoms with Crippen LogP contribution in [0, 0.1) is 0 Å². The molecule has 0 fully saturated rings. The van der Waals surface area contributed by atoms with Crippen molar-refractivity contribution in [1.82, 2.24) is 5.32 Å². The highest BCUT2D eigenvalue weighted by atomic mass is 79.9. The molecule has 3 nitrogen and oxygen atoms in total. The van der Waals surface area contributed by atoms with Crippen LogP contribution in [0.5, 0.6) is 5.75 Å². The number of ether oxygens (including phenoxy) is 1. The molecule has 0 bridgehead atoms. The first-order valence-electron chi connectivity index (χ1n) is 7.17. The fraction of sp³-hybridized carbons (Fsp3) is 0.353. The number of nitrogens with one attached hydrogen (secondary N) is 1. The average molecular weight is 350 g/mol. The number of rotatable bonds is 5. The van der Waals surface area contributed by atoms with Crippen molar-refractivity contribution in [3.63, 3.8) is 0 Å². The van der Waals surface area contributed by atoms with Gasteiger partial charge in [-0.1, -0.05) is 37.3 Å². The highest BCUT2D eigenvalue weighted by Gasteiger charge is 2.18. The fourth-order valence-electron chi connectivity index (χ4n) is 2.01. The van der Waals surface area contributed by atoms with Gasteiger partial charge in [0.2, 0.25) is 0 Å². The molecule has 112 valence electrons. The van der Waals surface area contributed by atoms with Crippen LogP contribution in [-0.2, 0) is 4.79 Å². The van der Waals surface area contributed by atoms with Crippen molar-refractivity contribution in [3.8, 4) is 5.75 Å². The van der Waals surface area contributed by atoms with E-state index in [0.717, 1.165) is 21.7 Å². The zero-order chi connectivity index (χ0) is 15.4. The Balaban J connectivity index is 2.16. The monoisotopic (exact) mass is 349 g/mol. The molecule has 2 atom stereocenters. The van der Waals surface area contributed by atoms with Crippen LogP contribution in [0.4, 0.5) is 0 Å². The summed E-state index contributed by atoms with van der Waals surface area (Å²) in [6.45, 7) is 5.78. The van der Waals surface area contributed by atoms with Gasteiger partial charge in [-0.15, -0.1) is 0 Å². The molecule has 0 aliphatic carbocycles. The molecule has 0 aliphatic heterocycles. The Kier molecular flexibility index (Phi) is 5.23. The molecule has 0 aliphatic rings. The molecular weight excluding hydrogens is 330 g/mol. The Labute approximate surface area is 133 Å². The molecule has 0 radical (unpaired) electrons. The van der Waals surface area contributed by atoms with Crippen molar-refractivity contribution >= 4 is 32.6 Å². The van der Waals surface area contributed by atoms with Gasteiger partial charge in [-0.05, 0) is 53.0 Å². The van der Waals surface area contributed by atoms with Crippen molar-refractivity contribution in [2.45, 2.75) is 39.3 Å². The maximum Gasteiger partial charge on any atom is 0.260 e. The molecule has 1 amide bonds. The standard InChI is InChI=1S/C17H20BrNO2/c1-4-11(2)19-17(20)12(3)21-15-10-9-13-7-5-6-8-14(13)16(15)18/h5-12H,4H2,1-3H3,(H,19,20). The summed E-state index contributed by atoms with van der Waals surface area (Å²) in [5.74, 6) is 0.588. The van der Waals surface area contributed by atoms with Crippen molar-refractivity contribution in [3.05, 3.63) is 40.9 Å². The van der Waals surface area contributed by atoms with Crippen LogP contribution in [0.1, 0.15) is 27.2 Å². The van der Waals surface area contributed by atoms with E-state index in [9.17, 15) is 4.79 Å². The number of benzene rings is 2. The summed E-state index contributed by atoms with van der Waals surface area (Å²) in [6, 6.07) is 12.1. The average Bonchev–Trinajstić information content (AvgIpc) is 2.50. The molecule has 2 rings (SSSR count). The molecule has 0 saturated carbocycles. The maximum absolute atomic E-state index is 12.0. The van der Waals surface area contributed by atoms with Gasteiger partial charge in [-0.3, -0.25) is 4.79 Å². The van der Waals surface area contributed by atoms with Gasteiger partial charge in [0.25, 0.3) is 5.91 Å². The lowest BCUT2D eigenvalue weighted by Gasteiger charge is -2.19. The van der Waals surface area contributed by atoms with E-state index in [-0.39, 0.29) is 11.9 Å². The number of carbonyl (C=O) groups is 1. The van der Waals surface area contributed by atoms with Gasteiger partial charge in [0.05, 0.1) is 4.47 Å². The Bertz CT molecular complexity index is 642. The van der Waals surface area contributed by atoms with E-state index in [2.05, 4.69) is 21.2 Å². The van der Waals surface area contributed by atoms with E-state index < -0.39 is 6.10 Å². The molecule has 2 unspecified atom stereocenters. The summed E-state index contributed by atoms with van der Waals surface area (Å²) in [5, 5.41) is 5.13. The number of carbonyl (C=O) groups excluding carboxylic acids is 1. The van der Waals surface area contributed by atoms with Gasteiger partial charge in [0, 0.05) is 6.04 Å². The summed E-state index contributed by atoms with van der Waals surface area (Å²) in [7, 11) is 0. The molecular formula is C17H20BrNO2. The van der Waals surface area contributed by atoms with Crippen LogP contribution < -0.4 is 10.1 Å². The number of hydrogen-bond donors (Lipinski definition) is 1. The number of hydrogen-bond acceptors (Lipinski definition) is 2. The van der Waals surface area contributed by atoms with Gasteiger partial charge in [-0.2, -0.15) is 0 Å². The zero-order valence-corrected chi connectivity index (χ0v) is 14.1. The molecule has 2 aromatic rings. The first-order valence-corrected chi connectivity index (χ1v) is 7.96. The molecule has 1 N–H and O–H groups in total. The van der Waals surface area contributed by atoms with Gasteiger partial charge in [-0.25, -0.2) is 0 Å². The molecule has 0 spiro atoms. The van der Waals surface area contributed by atoms with Crippen LogP contribution >= 0.6 is 15.9 Å². The van der Waals surface area contributed by atoms with E-state index in [1.54, 1.807) is 6.92 Å². The molecule has 4 heteroatoms. The predicted octanol–water partition coefficient (Wildman–Crippen LogP) is 4.28. The van der Waals surface area contributed by atoms with Gasteiger partial charge in [0.15, 0.2) is 6.10 Å². The minimum absolute atomic E-state index is 0.0931. The number of fused-ring (bicyclic) bond motifs is 1. The summed E-state index contributed by atoms with van der Waals surface area (Å²) in [4.78, 5) is 12.0. The van der Waals surface area contributed by atoms with Gasteiger partial charge < -0.3 is 10.1 Å². The summed E-state index contributed by atoms with van der Waals surface area (Å²) in [6.07, 6.45) is 0.370. The van der Waals surface area contributed by atoms with E-state index >= 15 is 0 Å². The van der Waals surface area contributed by atoms with Gasteiger partial charge >= 0.3 is 0 Å².